The first-order valence-electron chi connectivity index (χ1n) is 4.92. The Balaban J connectivity index is 3.06. The summed E-state index contributed by atoms with van der Waals surface area (Å²) in [5.74, 6) is -0.775. The molecule has 3 heteroatoms. The van der Waals surface area contributed by atoms with Crippen molar-refractivity contribution in [2.75, 3.05) is 0 Å². The van der Waals surface area contributed by atoms with Gasteiger partial charge in [-0.15, -0.1) is 0 Å². The van der Waals surface area contributed by atoms with Gasteiger partial charge in [0.15, 0.2) is 0 Å². The van der Waals surface area contributed by atoms with Crippen molar-refractivity contribution in [3.05, 3.63) is 52.1 Å². The Morgan fingerprint density at radius 2 is 2.00 bits per heavy atom. The lowest BCUT2D eigenvalue weighted by Crippen LogP contribution is -2.01. The Labute approximate surface area is 109 Å². The molecule has 0 radical (unpaired) electrons. The number of carbonyl (C=O) groups is 1. The van der Waals surface area contributed by atoms with Crippen LogP contribution in [0, 0.1) is 5.92 Å². The monoisotopic (exact) mass is 328 g/mol. The predicted octanol–water partition coefficient (Wildman–Crippen LogP) is 3.74. The van der Waals surface area contributed by atoms with Gasteiger partial charge in [0, 0.05) is 0 Å². The molecule has 0 amide bonds. The van der Waals surface area contributed by atoms with Crippen LogP contribution < -0.4 is 0 Å². The van der Waals surface area contributed by atoms with Crippen molar-refractivity contribution in [1.29, 1.82) is 0 Å². The molecule has 0 aliphatic carbocycles. The van der Waals surface area contributed by atoms with Gasteiger partial charge in [-0.25, -0.2) is 4.79 Å². The molecule has 0 saturated heterocycles. The number of hydrogen-bond acceptors (Lipinski definition) is 1. The van der Waals surface area contributed by atoms with Crippen LogP contribution in [0.4, 0.5) is 0 Å². The van der Waals surface area contributed by atoms with Crippen molar-refractivity contribution in [2.24, 2.45) is 5.92 Å². The molecule has 1 N–H and O–H groups in total. The summed E-state index contributed by atoms with van der Waals surface area (Å²) in [5, 5.41) is 9.15. The van der Waals surface area contributed by atoms with Gasteiger partial charge in [0.1, 0.15) is 0 Å². The maximum atomic E-state index is 11.1. The van der Waals surface area contributed by atoms with Crippen LogP contribution in [0.25, 0.3) is 5.57 Å². The summed E-state index contributed by atoms with van der Waals surface area (Å²) < 4.78 is 1.89. The number of carboxylic acids is 1. The van der Waals surface area contributed by atoms with Crippen LogP contribution in [-0.2, 0) is 4.79 Å². The van der Waals surface area contributed by atoms with E-state index in [0.29, 0.717) is 5.57 Å². The zero-order valence-electron chi connectivity index (χ0n) is 8.93. The Morgan fingerprint density at radius 1 is 1.38 bits per heavy atom. The van der Waals surface area contributed by atoms with E-state index in [9.17, 15) is 4.79 Å². The van der Waals surface area contributed by atoms with Gasteiger partial charge in [0.05, 0.1) is 5.57 Å². The van der Waals surface area contributed by atoms with E-state index in [0.717, 1.165) is 5.56 Å². The van der Waals surface area contributed by atoms with Gasteiger partial charge in [-0.05, 0) is 15.6 Å². The zero-order chi connectivity index (χ0) is 12.0. The summed E-state index contributed by atoms with van der Waals surface area (Å²) >= 11 is 2.12. The van der Waals surface area contributed by atoms with Crippen LogP contribution in [0.3, 0.4) is 0 Å². The van der Waals surface area contributed by atoms with E-state index in [4.69, 9.17) is 5.11 Å². The fraction of sp³-hybridized carbons (Fsp3) is 0.154. The average molecular weight is 328 g/mol. The Hall–Kier alpha value is -1.10. The fourth-order valence-corrected chi connectivity index (χ4v) is 2.00. The highest BCUT2D eigenvalue weighted by molar-refractivity contribution is 14.1. The number of allylic oxidation sites excluding steroid dienone is 2. The fourth-order valence-electron chi connectivity index (χ4n) is 1.34. The van der Waals surface area contributed by atoms with E-state index in [2.05, 4.69) is 22.6 Å². The van der Waals surface area contributed by atoms with Crippen molar-refractivity contribution >= 4 is 34.1 Å². The third kappa shape index (κ3) is 3.81. The van der Waals surface area contributed by atoms with Crippen LogP contribution in [-0.4, -0.2) is 11.1 Å². The molecule has 1 aromatic carbocycles. The Morgan fingerprint density at radius 3 is 2.50 bits per heavy atom. The van der Waals surface area contributed by atoms with Crippen LogP contribution in [0.1, 0.15) is 12.5 Å². The molecule has 0 spiro atoms. The van der Waals surface area contributed by atoms with Gasteiger partial charge >= 0.3 is 5.97 Å². The van der Waals surface area contributed by atoms with Crippen molar-refractivity contribution < 1.29 is 9.90 Å². The first-order valence-corrected chi connectivity index (χ1v) is 6.17. The first-order chi connectivity index (χ1) is 7.65. The smallest absolute Gasteiger partial charge is 0.335 e. The second-order valence-corrected chi connectivity index (χ2v) is 4.15. The number of rotatable bonds is 4. The molecule has 1 atom stereocenters. The van der Waals surface area contributed by atoms with Crippen LogP contribution >= 0.6 is 22.6 Å². The van der Waals surface area contributed by atoms with Crippen molar-refractivity contribution in [2.45, 2.75) is 6.92 Å². The normalized spacial score (nSPS) is 14.0. The summed E-state index contributed by atoms with van der Waals surface area (Å²) in [7, 11) is 0. The number of hydrogen-bond donors (Lipinski definition) is 1. The second kappa shape index (κ2) is 6.48. The van der Waals surface area contributed by atoms with Crippen LogP contribution in [0.2, 0.25) is 0 Å². The highest BCUT2D eigenvalue weighted by Gasteiger charge is 2.10. The second-order valence-electron chi connectivity index (χ2n) is 3.43. The molecule has 2 nitrogen and oxygen atoms in total. The highest BCUT2D eigenvalue weighted by atomic mass is 127. The lowest BCUT2D eigenvalue weighted by atomic mass is 10.0. The summed E-state index contributed by atoms with van der Waals surface area (Å²) in [6, 6.07) is 9.16. The van der Waals surface area contributed by atoms with Crippen molar-refractivity contribution in [3.8, 4) is 0 Å². The molecular weight excluding hydrogens is 315 g/mol. The van der Waals surface area contributed by atoms with Crippen LogP contribution in [0.5, 0.6) is 0 Å². The lowest BCUT2D eigenvalue weighted by molar-refractivity contribution is -0.130. The van der Waals surface area contributed by atoms with Crippen molar-refractivity contribution in [1.82, 2.24) is 0 Å². The topological polar surface area (TPSA) is 37.3 Å². The SMILES string of the molecule is C[C@H](/C=C/I)/C=C(/C(=O)O)c1ccccc1. The molecule has 0 aromatic heterocycles. The molecule has 0 fully saturated rings. The molecule has 84 valence electrons. The van der Waals surface area contributed by atoms with Crippen LogP contribution in [0.15, 0.2) is 46.6 Å². The zero-order valence-corrected chi connectivity index (χ0v) is 11.1. The van der Waals surface area contributed by atoms with Gasteiger partial charge in [-0.3, -0.25) is 0 Å². The molecule has 0 saturated carbocycles. The molecule has 16 heavy (non-hydrogen) atoms. The van der Waals surface area contributed by atoms with Gasteiger partial charge in [-0.1, -0.05) is 72.0 Å². The van der Waals surface area contributed by atoms with Gasteiger partial charge in [0.25, 0.3) is 0 Å². The number of carboxylic acid groups (broad SMARTS) is 1. The predicted molar refractivity (Wildman–Crippen MR) is 74.4 cm³/mol. The van der Waals surface area contributed by atoms with E-state index in [1.54, 1.807) is 18.2 Å². The quantitative estimate of drug-likeness (QED) is 0.675. The minimum atomic E-state index is -0.889. The standard InChI is InChI=1S/C13H13IO2/c1-10(7-8-14)9-12(13(15)16)11-5-3-2-4-6-11/h2-10H,1H3,(H,15,16)/b8-7+,12-9+/t10-/m1/s1. The van der Waals surface area contributed by atoms with E-state index < -0.39 is 5.97 Å². The third-order valence-electron chi connectivity index (χ3n) is 2.12. The molecule has 0 aliphatic rings. The van der Waals surface area contributed by atoms with Gasteiger partial charge in [0.2, 0.25) is 0 Å². The number of aliphatic carboxylic acids is 1. The lowest BCUT2D eigenvalue weighted by Gasteiger charge is -2.05. The molecule has 0 bridgehead atoms. The molecule has 0 aliphatic heterocycles. The summed E-state index contributed by atoms with van der Waals surface area (Å²) in [4.78, 5) is 11.1. The van der Waals surface area contributed by atoms with Crippen molar-refractivity contribution in [3.63, 3.8) is 0 Å². The highest BCUT2D eigenvalue weighted by Crippen LogP contribution is 2.17. The first kappa shape index (κ1) is 13.0. The van der Waals surface area contributed by atoms with E-state index in [1.165, 1.54) is 0 Å². The number of halogens is 1. The van der Waals surface area contributed by atoms with Gasteiger partial charge in [-0.2, -0.15) is 0 Å². The molecule has 1 rings (SSSR count). The largest absolute Gasteiger partial charge is 0.478 e. The maximum absolute atomic E-state index is 11.1. The Bertz CT molecular complexity index is 407. The molecule has 1 aromatic rings. The minimum absolute atomic E-state index is 0.114. The maximum Gasteiger partial charge on any atom is 0.335 e. The Kier molecular flexibility index (Phi) is 5.25. The van der Waals surface area contributed by atoms with E-state index in [-0.39, 0.29) is 5.92 Å². The summed E-state index contributed by atoms with van der Waals surface area (Å²) in [5.41, 5.74) is 1.09. The van der Waals surface area contributed by atoms with Gasteiger partial charge < -0.3 is 5.11 Å². The molecular formula is C13H13IO2. The average Bonchev–Trinajstić information content (AvgIpc) is 2.27. The number of benzene rings is 1. The molecule has 0 heterocycles. The van der Waals surface area contributed by atoms with E-state index >= 15 is 0 Å². The van der Waals surface area contributed by atoms with E-state index in [1.807, 2.05) is 35.3 Å². The summed E-state index contributed by atoms with van der Waals surface area (Å²) in [6.45, 7) is 1.96. The molecule has 0 unspecified atom stereocenters. The third-order valence-corrected chi connectivity index (χ3v) is 2.54. The summed E-state index contributed by atoms with van der Waals surface area (Å²) in [6.07, 6.45) is 3.71. The minimum Gasteiger partial charge on any atom is -0.478 e.